The number of para-hydroxylation sites is 1. The van der Waals surface area contributed by atoms with E-state index in [1.807, 2.05) is 48.2 Å². The molecule has 2 aliphatic rings. The Balaban J connectivity index is 1.27. The van der Waals surface area contributed by atoms with Crippen LogP contribution in [0.2, 0.25) is 0 Å². The van der Waals surface area contributed by atoms with Crippen molar-refractivity contribution in [2.75, 3.05) is 81.5 Å². The maximum atomic E-state index is 12.5. The van der Waals surface area contributed by atoms with E-state index in [4.69, 9.17) is 18.9 Å². The highest BCUT2D eigenvalue weighted by molar-refractivity contribution is 5.81. The standard InChI is InChI=1S/C28H34N8O5/c1-2-40-24-18-21(8-9-23(24)41-20-25(37)35-10-14-38-15-11-35)19-29-34-27-31-26(30-22-6-4-3-5-7-22)32-28(33-27)36-12-16-39-17-13-36/h3-9,18-19H,2,10-17,20H2,1H3,(H2,30,31,32,33,34)/b29-19+. The van der Waals surface area contributed by atoms with Gasteiger partial charge in [0.25, 0.3) is 5.91 Å². The second kappa shape index (κ2) is 14.2. The normalized spacial score (nSPS) is 15.5. The smallest absolute Gasteiger partial charge is 0.260 e. The van der Waals surface area contributed by atoms with Gasteiger partial charge in [-0.3, -0.25) is 4.79 Å². The predicted molar refractivity (Wildman–Crippen MR) is 154 cm³/mol. The minimum absolute atomic E-state index is 0.0702. The second-order valence-corrected chi connectivity index (χ2v) is 9.16. The van der Waals surface area contributed by atoms with Crippen LogP contribution < -0.4 is 25.1 Å². The van der Waals surface area contributed by atoms with Crippen LogP contribution in [0.25, 0.3) is 0 Å². The van der Waals surface area contributed by atoms with E-state index in [1.165, 1.54) is 0 Å². The lowest BCUT2D eigenvalue weighted by Gasteiger charge is -2.27. The van der Waals surface area contributed by atoms with Crippen molar-refractivity contribution in [1.82, 2.24) is 19.9 Å². The molecule has 41 heavy (non-hydrogen) atoms. The summed E-state index contributed by atoms with van der Waals surface area (Å²) >= 11 is 0. The molecule has 3 heterocycles. The first-order chi connectivity index (χ1) is 20.2. The van der Waals surface area contributed by atoms with Crippen LogP contribution in [0, 0.1) is 0 Å². The number of hydrazone groups is 1. The summed E-state index contributed by atoms with van der Waals surface area (Å²) in [5, 5.41) is 7.57. The van der Waals surface area contributed by atoms with E-state index in [1.54, 1.807) is 23.2 Å². The molecule has 5 rings (SSSR count). The Bertz CT molecular complexity index is 1310. The topological polar surface area (TPSA) is 136 Å². The van der Waals surface area contributed by atoms with Crippen LogP contribution in [-0.2, 0) is 14.3 Å². The Morgan fingerprint density at radius 2 is 1.66 bits per heavy atom. The second-order valence-electron chi connectivity index (χ2n) is 9.16. The van der Waals surface area contributed by atoms with Crippen molar-refractivity contribution >= 4 is 35.7 Å². The van der Waals surface area contributed by atoms with Crippen molar-refractivity contribution < 1.29 is 23.7 Å². The van der Waals surface area contributed by atoms with Gasteiger partial charge in [0.2, 0.25) is 17.8 Å². The number of carbonyl (C=O) groups excluding carboxylic acids is 1. The van der Waals surface area contributed by atoms with Crippen LogP contribution in [-0.4, -0.2) is 97.8 Å². The molecule has 0 radical (unpaired) electrons. The Kier molecular flexibility index (Phi) is 9.74. The SMILES string of the molecule is CCOc1cc(/C=N/Nc2nc(Nc3ccccc3)nc(N3CCOCC3)n2)ccc1OCC(=O)N1CCOCC1. The van der Waals surface area contributed by atoms with Gasteiger partial charge in [0, 0.05) is 31.9 Å². The summed E-state index contributed by atoms with van der Waals surface area (Å²) in [6.07, 6.45) is 1.63. The molecule has 13 heteroatoms. The minimum Gasteiger partial charge on any atom is -0.490 e. The average molecular weight is 563 g/mol. The third-order valence-electron chi connectivity index (χ3n) is 6.31. The molecule has 0 bridgehead atoms. The number of nitrogens with one attached hydrogen (secondary N) is 2. The van der Waals surface area contributed by atoms with Crippen LogP contribution in [0.1, 0.15) is 12.5 Å². The molecule has 1 amide bonds. The number of hydrogen-bond donors (Lipinski definition) is 2. The third-order valence-corrected chi connectivity index (χ3v) is 6.31. The summed E-state index contributed by atoms with van der Waals surface area (Å²) in [5.74, 6) is 2.16. The van der Waals surface area contributed by atoms with E-state index < -0.39 is 0 Å². The highest BCUT2D eigenvalue weighted by Crippen LogP contribution is 2.28. The first-order valence-corrected chi connectivity index (χ1v) is 13.6. The zero-order valence-electron chi connectivity index (χ0n) is 23.0. The molecule has 13 nitrogen and oxygen atoms in total. The zero-order valence-corrected chi connectivity index (χ0v) is 23.0. The Labute approximate surface area is 238 Å². The summed E-state index contributed by atoms with van der Waals surface area (Å²) in [5.41, 5.74) is 4.54. The molecule has 0 saturated carbocycles. The predicted octanol–water partition coefficient (Wildman–Crippen LogP) is 2.53. The third kappa shape index (κ3) is 8.02. The summed E-state index contributed by atoms with van der Waals surface area (Å²) in [7, 11) is 0. The van der Waals surface area contributed by atoms with Crippen LogP contribution in [0.5, 0.6) is 11.5 Å². The van der Waals surface area contributed by atoms with E-state index >= 15 is 0 Å². The van der Waals surface area contributed by atoms with Gasteiger partial charge in [0.05, 0.1) is 39.2 Å². The Morgan fingerprint density at radius 1 is 0.927 bits per heavy atom. The Hall–Kier alpha value is -4.49. The van der Waals surface area contributed by atoms with Crippen LogP contribution in [0.3, 0.4) is 0 Å². The van der Waals surface area contributed by atoms with Gasteiger partial charge in [-0.25, -0.2) is 5.43 Å². The summed E-state index contributed by atoms with van der Waals surface area (Å²) < 4.78 is 22.3. The van der Waals surface area contributed by atoms with E-state index in [0.717, 1.165) is 11.3 Å². The largest absolute Gasteiger partial charge is 0.490 e. The molecular weight excluding hydrogens is 528 g/mol. The molecule has 2 aromatic carbocycles. The Morgan fingerprint density at radius 3 is 2.41 bits per heavy atom. The highest BCUT2D eigenvalue weighted by atomic mass is 16.5. The lowest BCUT2D eigenvalue weighted by molar-refractivity contribution is -0.137. The number of aromatic nitrogens is 3. The molecule has 0 aliphatic carbocycles. The molecule has 2 fully saturated rings. The van der Waals surface area contributed by atoms with Gasteiger partial charge in [0.15, 0.2) is 18.1 Å². The van der Waals surface area contributed by atoms with Crippen LogP contribution in [0.15, 0.2) is 53.6 Å². The maximum absolute atomic E-state index is 12.5. The van der Waals surface area contributed by atoms with Crippen molar-refractivity contribution in [3.05, 3.63) is 54.1 Å². The minimum atomic E-state index is -0.0829. The number of rotatable bonds is 11. The fraction of sp³-hybridized carbons (Fsp3) is 0.393. The molecular formula is C28H34N8O5. The van der Waals surface area contributed by atoms with Gasteiger partial charge in [-0.2, -0.15) is 20.1 Å². The van der Waals surface area contributed by atoms with Gasteiger partial charge < -0.3 is 34.1 Å². The molecule has 0 atom stereocenters. The number of hydrogen-bond acceptors (Lipinski definition) is 12. The summed E-state index contributed by atoms with van der Waals surface area (Å²) in [6.45, 7) is 7.08. The molecule has 2 saturated heterocycles. The summed E-state index contributed by atoms with van der Waals surface area (Å²) in [6, 6.07) is 15.1. The van der Waals surface area contributed by atoms with Gasteiger partial charge >= 0.3 is 0 Å². The molecule has 0 unspecified atom stereocenters. The molecule has 2 aliphatic heterocycles. The molecule has 216 valence electrons. The average Bonchev–Trinajstić information content (AvgIpc) is 3.02. The first-order valence-electron chi connectivity index (χ1n) is 13.6. The van der Waals surface area contributed by atoms with Crippen LogP contribution in [0.4, 0.5) is 23.5 Å². The van der Waals surface area contributed by atoms with Crippen molar-refractivity contribution in [2.24, 2.45) is 5.10 Å². The lowest BCUT2D eigenvalue weighted by atomic mass is 10.2. The number of carbonyl (C=O) groups is 1. The fourth-order valence-corrected chi connectivity index (χ4v) is 4.23. The van der Waals surface area contributed by atoms with Gasteiger partial charge in [0.1, 0.15) is 0 Å². The van der Waals surface area contributed by atoms with Crippen LogP contribution >= 0.6 is 0 Å². The van der Waals surface area contributed by atoms with Gasteiger partial charge in [-0.05, 0) is 42.8 Å². The van der Waals surface area contributed by atoms with Gasteiger partial charge in [-0.15, -0.1) is 0 Å². The van der Waals surface area contributed by atoms with Crippen molar-refractivity contribution in [1.29, 1.82) is 0 Å². The zero-order chi connectivity index (χ0) is 28.3. The van der Waals surface area contributed by atoms with E-state index in [2.05, 4.69) is 30.8 Å². The summed E-state index contributed by atoms with van der Waals surface area (Å²) in [4.78, 5) is 29.9. The fourth-order valence-electron chi connectivity index (χ4n) is 4.23. The van der Waals surface area contributed by atoms with Crippen molar-refractivity contribution in [3.63, 3.8) is 0 Å². The van der Waals surface area contributed by atoms with E-state index in [0.29, 0.717) is 88.6 Å². The first kappa shape index (κ1) is 28.1. The van der Waals surface area contributed by atoms with Crippen molar-refractivity contribution in [2.45, 2.75) is 6.92 Å². The molecule has 0 spiro atoms. The number of benzene rings is 2. The van der Waals surface area contributed by atoms with E-state index in [9.17, 15) is 4.79 Å². The van der Waals surface area contributed by atoms with Crippen molar-refractivity contribution in [3.8, 4) is 11.5 Å². The maximum Gasteiger partial charge on any atom is 0.260 e. The highest BCUT2D eigenvalue weighted by Gasteiger charge is 2.19. The number of ether oxygens (including phenoxy) is 4. The molecule has 3 aromatic rings. The molecule has 1 aromatic heterocycles. The number of amides is 1. The van der Waals surface area contributed by atoms with E-state index in [-0.39, 0.29) is 12.5 Å². The number of morpholine rings is 2. The lowest BCUT2D eigenvalue weighted by Crippen LogP contribution is -2.43. The monoisotopic (exact) mass is 562 g/mol. The number of nitrogens with zero attached hydrogens (tertiary/aromatic N) is 6. The number of anilines is 4. The van der Waals surface area contributed by atoms with Gasteiger partial charge in [-0.1, -0.05) is 18.2 Å². The quantitative estimate of drug-likeness (QED) is 0.264. The molecule has 2 N–H and O–H groups in total.